The molecule has 0 aliphatic carbocycles. The van der Waals surface area contributed by atoms with Crippen LogP contribution in [0.25, 0.3) is 0 Å². The van der Waals surface area contributed by atoms with Crippen molar-refractivity contribution in [3.05, 3.63) is 58.1 Å². The number of alkyl halides is 6. The molecule has 1 N–H and O–H groups in total. The molecular weight excluding hydrogens is 396 g/mol. The van der Waals surface area contributed by atoms with Crippen molar-refractivity contribution in [1.29, 1.82) is 0 Å². The molecule has 2 aromatic rings. The highest BCUT2D eigenvalue weighted by Crippen LogP contribution is 2.28. The molecular formula is C16H13F6N3O3. The zero-order valence-corrected chi connectivity index (χ0v) is 14.0. The number of carbonyl (C=O) groups is 1. The Bertz CT molecular complexity index is 892. The lowest BCUT2D eigenvalue weighted by atomic mass is 10.2. The summed E-state index contributed by atoms with van der Waals surface area (Å²) in [5.74, 6) is -1.18. The number of amides is 1. The van der Waals surface area contributed by atoms with Gasteiger partial charge < -0.3 is 14.6 Å². The fraction of sp³-hybridized carbons (Fsp3) is 0.312. The Balaban J connectivity index is 2.03. The van der Waals surface area contributed by atoms with Gasteiger partial charge >= 0.3 is 12.4 Å². The molecule has 6 nitrogen and oxygen atoms in total. The number of hydrogen-bond acceptors (Lipinski definition) is 4. The number of aromatic nitrogens is 2. The topological polar surface area (TPSA) is 73.2 Å². The number of nitrogens with one attached hydrogen (secondary N) is 1. The zero-order chi connectivity index (χ0) is 20.9. The van der Waals surface area contributed by atoms with Gasteiger partial charge in [-0.1, -0.05) is 6.07 Å². The second kappa shape index (κ2) is 8.31. The van der Waals surface area contributed by atoms with E-state index >= 15 is 0 Å². The quantitative estimate of drug-likeness (QED) is 0.745. The van der Waals surface area contributed by atoms with Crippen LogP contribution in [0.3, 0.4) is 0 Å². The standard InChI is InChI=1S/C16H13F6N3O3/c17-15(18,19)9-28-14-10(2-1-5-23-14)6-24-12(26)8-25-7-11(16(20,21)22)3-4-13(25)27/h1-5,7H,6,8-9H2,(H,24,26). The number of nitrogens with zero attached hydrogens (tertiary/aromatic N) is 2. The van der Waals surface area contributed by atoms with Crippen molar-refractivity contribution in [3.63, 3.8) is 0 Å². The van der Waals surface area contributed by atoms with Crippen molar-refractivity contribution in [1.82, 2.24) is 14.9 Å². The molecule has 0 fully saturated rings. The van der Waals surface area contributed by atoms with Gasteiger partial charge in [0, 0.05) is 30.6 Å². The number of hydrogen-bond donors (Lipinski definition) is 1. The predicted molar refractivity (Wildman–Crippen MR) is 83.3 cm³/mol. The second-order valence-corrected chi connectivity index (χ2v) is 5.53. The molecule has 28 heavy (non-hydrogen) atoms. The first kappa shape index (κ1) is 21.3. The maximum atomic E-state index is 12.7. The summed E-state index contributed by atoms with van der Waals surface area (Å²) in [6.45, 7) is -2.58. The van der Waals surface area contributed by atoms with Crippen molar-refractivity contribution in [2.75, 3.05) is 6.61 Å². The van der Waals surface area contributed by atoms with E-state index in [1.807, 2.05) is 0 Å². The van der Waals surface area contributed by atoms with Crippen molar-refractivity contribution in [3.8, 4) is 5.88 Å². The second-order valence-electron chi connectivity index (χ2n) is 5.53. The molecule has 0 aromatic carbocycles. The molecule has 1 amide bonds. The predicted octanol–water partition coefficient (Wildman–Crippen LogP) is 2.52. The van der Waals surface area contributed by atoms with Gasteiger partial charge in [-0.3, -0.25) is 9.59 Å². The molecule has 152 valence electrons. The minimum atomic E-state index is -4.69. The number of pyridine rings is 2. The average molecular weight is 409 g/mol. The van der Waals surface area contributed by atoms with Crippen LogP contribution in [0.2, 0.25) is 0 Å². The molecule has 0 aliphatic rings. The van der Waals surface area contributed by atoms with E-state index in [2.05, 4.69) is 15.0 Å². The van der Waals surface area contributed by atoms with Crippen molar-refractivity contribution < 1.29 is 35.9 Å². The van der Waals surface area contributed by atoms with Crippen molar-refractivity contribution in [2.24, 2.45) is 0 Å². The summed E-state index contributed by atoms with van der Waals surface area (Å²) in [4.78, 5) is 27.2. The molecule has 2 heterocycles. The lowest BCUT2D eigenvalue weighted by Crippen LogP contribution is -2.32. The van der Waals surface area contributed by atoms with Crippen LogP contribution >= 0.6 is 0 Å². The average Bonchev–Trinajstić information content (AvgIpc) is 2.59. The summed E-state index contributed by atoms with van der Waals surface area (Å²) < 4.78 is 79.9. The normalized spacial score (nSPS) is 11.9. The SMILES string of the molecule is O=C(Cn1cc(C(F)(F)F)ccc1=O)NCc1cccnc1OCC(F)(F)F. The first-order valence-corrected chi connectivity index (χ1v) is 7.63. The number of rotatable bonds is 6. The van der Waals surface area contributed by atoms with Crippen molar-refractivity contribution >= 4 is 5.91 Å². The van der Waals surface area contributed by atoms with Gasteiger partial charge in [0.05, 0.1) is 5.56 Å². The maximum Gasteiger partial charge on any atom is 0.422 e. The van der Waals surface area contributed by atoms with Crippen LogP contribution in [0.15, 0.2) is 41.5 Å². The molecule has 2 rings (SSSR count). The van der Waals surface area contributed by atoms with Gasteiger partial charge in [-0.15, -0.1) is 0 Å². The third-order valence-corrected chi connectivity index (χ3v) is 3.32. The summed E-state index contributed by atoms with van der Waals surface area (Å²) in [5, 5.41) is 2.29. The van der Waals surface area contributed by atoms with Crippen LogP contribution < -0.4 is 15.6 Å². The summed E-state index contributed by atoms with van der Waals surface area (Å²) in [5.41, 5.74) is -1.80. The van der Waals surface area contributed by atoms with E-state index in [9.17, 15) is 35.9 Å². The molecule has 0 saturated carbocycles. The Kier molecular flexibility index (Phi) is 6.31. The van der Waals surface area contributed by atoms with Gasteiger partial charge in [0.25, 0.3) is 5.56 Å². The van der Waals surface area contributed by atoms with E-state index in [0.29, 0.717) is 22.9 Å². The largest absolute Gasteiger partial charge is 0.468 e. The highest BCUT2D eigenvalue weighted by atomic mass is 19.4. The fourth-order valence-electron chi connectivity index (χ4n) is 2.07. The van der Waals surface area contributed by atoms with Gasteiger partial charge in [0.2, 0.25) is 11.8 Å². The van der Waals surface area contributed by atoms with E-state index in [4.69, 9.17) is 0 Å². The van der Waals surface area contributed by atoms with Crippen LogP contribution in [0.5, 0.6) is 5.88 Å². The van der Waals surface area contributed by atoms with Crippen LogP contribution in [-0.4, -0.2) is 28.2 Å². The molecule has 0 atom stereocenters. The molecule has 0 aliphatic heterocycles. The van der Waals surface area contributed by atoms with E-state index in [-0.39, 0.29) is 18.0 Å². The van der Waals surface area contributed by atoms with E-state index < -0.39 is 42.5 Å². The van der Waals surface area contributed by atoms with E-state index in [1.54, 1.807) is 0 Å². The van der Waals surface area contributed by atoms with E-state index in [0.717, 1.165) is 0 Å². The summed E-state index contributed by atoms with van der Waals surface area (Å²) in [7, 11) is 0. The summed E-state index contributed by atoms with van der Waals surface area (Å²) in [6, 6.07) is 4.03. The molecule has 0 radical (unpaired) electrons. The van der Waals surface area contributed by atoms with Gasteiger partial charge in [-0.05, 0) is 12.1 Å². The summed E-state index contributed by atoms with van der Waals surface area (Å²) in [6.07, 6.45) is -7.57. The zero-order valence-electron chi connectivity index (χ0n) is 14.0. The van der Waals surface area contributed by atoms with Gasteiger partial charge in [0.1, 0.15) is 6.54 Å². The molecule has 0 saturated heterocycles. The number of carbonyl (C=O) groups excluding carboxylic acids is 1. The number of halogens is 6. The lowest BCUT2D eigenvalue weighted by molar-refractivity contribution is -0.154. The Morgan fingerprint density at radius 3 is 2.50 bits per heavy atom. The van der Waals surface area contributed by atoms with Crippen LogP contribution in [0, 0.1) is 0 Å². The minimum absolute atomic E-state index is 0.122. The highest BCUT2D eigenvalue weighted by molar-refractivity contribution is 5.75. The van der Waals surface area contributed by atoms with Gasteiger partial charge in [0.15, 0.2) is 6.61 Å². The minimum Gasteiger partial charge on any atom is -0.468 e. The van der Waals surface area contributed by atoms with Crippen LogP contribution in [0.4, 0.5) is 26.3 Å². The first-order valence-electron chi connectivity index (χ1n) is 7.63. The Morgan fingerprint density at radius 1 is 1.14 bits per heavy atom. The molecule has 2 aromatic heterocycles. The molecule has 0 unspecified atom stereocenters. The first-order chi connectivity index (χ1) is 13.0. The monoisotopic (exact) mass is 409 g/mol. The highest BCUT2D eigenvalue weighted by Gasteiger charge is 2.31. The molecule has 12 heteroatoms. The maximum absolute atomic E-state index is 12.7. The lowest BCUT2D eigenvalue weighted by Gasteiger charge is -2.13. The van der Waals surface area contributed by atoms with Gasteiger partial charge in [-0.25, -0.2) is 4.98 Å². The van der Waals surface area contributed by atoms with Crippen LogP contribution in [-0.2, 0) is 24.1 Å². The van der Waals surface area contributed by atoms with Crippen LogP contribution in [0.1, 0.15) is 11.1 Å². The Labute approximate surface area is 153 Å². The summed E-state index contributed by atoms with van der Waals surface area (Å²) >= 11 is 0. The molecule has 0 bridgehead atoms. The fourth-order valence-corrected chi connectivity index (χ4v) is 2.07. The Morgan fingerprint density at radius 2 is 1.86 bits per heavy atom. The third kappa shape index (κ3) is 6.28. The van der Waals surface area contributed by atoms with Crippen molar-refractivity contribution in [2.45, 2.75) is 25.4 Å². The molecule has 0 spiro atoms. The van der Waals surface area contributed by atoms with E-state index in [1.165, 1.54) is 18.3 Å². The Hall–Kier alpha value is -3.05. The van der Waals surface area contributed by atoms with Gasteiger partial charge in [-0.2, -0.15) is 26.3 Å². The number of ether oxygens (including phenoxy) is 1. The smallest absolute Gasteiger partial charge is 0.422 e. The third-order valence-electron chi connectivity index (χ3n) is 3.32.